The van der Waals surface area contributed by atoms with Gasteiger partial charge in [0.15, 0.2) is 0 Å². The van der Waals surface area contributed by atoms with E-state index in [1.807, 2.05) is 0 Å². The summed E-state index contributed by atoms with van der Waals surface area (Å²) in [5.74, 6) is 0. The van der Waals surface area contributed by atoms with Crippen molar-refractivity contribution < 1.29 is 4.42 Å². The summed E-state index contributed by atoms with van der Waals surface area (Å²) in [4.78, 5) is 5.40. The summed E-state index contributed by atoms with van der Waals surface area (Å²) < 4.78 is 7.14. The first-order valence-electron chi connectivity index (χ1n) is 22.1. The van der Waals surface area contributed by atoms with Crippen LogP contribution in [0.5, 0.6) is 0 Å². The van der Waals surface area contributed by atoms with Crippen molar-refractivity contribution in [1.82, 2.24) is 0 Å². The standard InChI is InChI=1S/C55H55BN2O/c1-51(2)23-25-53(5,6)39-30-43-35(27-37(39)51)47-48-45(28-34-33-19-14-15-22-46(33)59-50(34)47)57-44-31-40-38(52(3,4)24-26-54(40,7)8)29-41(44)55(9,10)36-20-16-21-42(49(36)57)56(48)58(43)32-17-12-11-13-18-32/h11-22,27-31H,23-26H2,1-10H3. The predicted molar refractivity (Wildman–Crippen MR) is 250 cm³/mol. The van der Waals surface area contributed by atoms with E-state index in [1.54, 1.807) is 0 Å². The molecule has 2 aliphatic carbocycles. The molecular formula is C55H55BN2O. The van der Waals surface area contributed by atoms with E-state index < -0.39 is 0 Å². The van der Waals surface area contributed by atoms with Gasteiger partial charge < -0.3 is 14.1 Å². The highest BCUT2D eigenvalue weighted by molar-refractivity contribution is 6.94. The summed E-state index contributed by atoms with van der Waals surface area (Å²) in [5.41, 5.74) is 22.5. The van der Waals surface area contributed by atoms with Crippen LogP contribution in [0.15, 0.2) is 108 Å². The van der Waals surface area contributed by atoms with Crippen LogP contribution in [-0.2, 0) is 27.1 Å². The lowest BCUT2D eigenvalue weighted by Gasteiger charge is -2.52. The average Bonchev–Trinajstić information content (AvgIpc) is 3.58. The quantitative estimate of drug-likeness (QED) is 0.155. The van der Waals surface area contributed by atoms with E-state index in [-0.39, 0.29) is 33.9 Å². The zero-order chi connectivity index (χ0) is 40.8. The van der Waals surface area contributed by atoms with E-state index in [0.717, 1.165) is 17.6 Å². The predicted octanol–water partition coefficient (Wildman–Crippen LogP) is 13.6. The zero-order valence-corrected chi connectivity index (χ0v) is 36.5. The lowest BCUT2D eigenvalue weighted by Crippen LogP contribution is -2.62. The molecule has 0 saturated heterocycles. The van der Waals surface area contributed by atoms with E-state index in [0.29, 0.717) is 0 Å². The van der Waals surface area contributed by atoms with E-state index in [9.17, 15) is 0 Å². The second-order valence-electron chi connectivity index (χ2n) is 21.8. The second-order valence-corrected chi connectivity index (χ2v) is 21.8. The molecular weight excluding hydrogens is 715 g/mol. The van der Waals surface area contributed by atoms with Crippen LogP contribution in [0.4, 0.5) is 28.4 Å². The van der Waals surface area contributed by atoms with Gasteiger partial charge in [0.05, 0.1) is 5.69 Å². The number of rotatable bonds is 1. The molecule has 0 amide bonds. The summed E-state index contributed by atoms with van der Waals surface area (Å²) in [6.45, 7) is 24.6. The number of anilines is 5. The number of hydrogen-bond donors (Lipinski definition) is 0. The minimum absolute atomic E-state index is 0.0503. The lowest BCUT2D eigenvalue weighted by atomic mass is 9.42. The third-order valence-electron chi connectivity index (χ3n) is 16.1. The van der Waals surface area contributed by atoms with Crippen LogP contribution < -0.4 is 20.6 Å². The largest absolute Gasteiger partial charge is 0.455 e. The van der Waals surface area contributed by atoms with Crippen LogP contribution in [0.1, 0.15) is 128 Å². The highest BCUT2D eigenvalue weighted by Gasteiger charge is 2.52. The van der Waals surface area contributed by atoms with Crippen LogP contribution in [0.3, 0.4) is 0 Å². The van der Waals surface area contributed by atoms with Gasteiger partial charge in [-0.15, -0.1) is 0 Å². The number of para-hydroxylation sites is 3. The smallest absolute Gasteiger partial charge is 0.333 e. The van der Waals surface area contributed by atoms with Crippen molar-refractivity contribution in [2.75, 3.05) is 9.71 Å². The van der Waals surface area contributed by atoms with Gasteiger partial charge in [-0.1, -0.05) is 130 Å². The SMILES string of the molecule is CC1(C)CCC(C)(C)c2cc3c(cc21)-c1c2c(cc4c1oc1ccccc14)N1c4cc5c(cc4C(C)(C)c4cccc(c41)B2N3c1ccccc1)C(C)(C)CCC5(C)C. The molecule has 4 heterocycles. The molecule has 0 spiro atoms. The molecule has 4 heteroatoms. The molecule has 294 valence electrons. The van der Waals surface area contributed by atoms with Crippen LogP contribution in [-0.4, -0.2) is 6.85 Å². The fourth-order valence-electron chi connectivity index (χ4n) is 12.4. The summed E-state index contributed by atoms with van der Waals surface area (Å²) >= 11 is 0. The number of furan rings is 1. The Bertz CT molecular complexity index is 3000. The Morgan fingerprint density at radius 1 is 0.508 bits per heavy atom. The van der Waals surface area contributed by atoms with Crippen molar-refractivity contribution in [1.29, 1.82) is 0 Å². The van der Waals surface area contributed by atoms with Crippen LogP contribution >= 0.6 is 0 Å². The minimum Gasteiger partial charge on any atom is -0.455 e. The molecule has 5 aliphatic rings. The third kappa shape index (κ3) is 4.51. The van der Waals surface area contributed by atoms with Gasteiger partial charge >= 0.3 is 6.85 Å². The normalized spacial score (nSPS) is 20.3. The van der Waals surface area contributed by atoms with Crippen molar-refractivity contribution >= 4 is 68.1 Å². The second kappa shape index (κ2) is 11.1. The summed E-state index contributed by atoms with van der Waals surface area (Å²) in [6, 6.07) is 40.1. The Hall–Kier alpha value is -5.22. The molecule has 0 N–H and O–H groups in total. The first-order chi connectivity index (χ1) is 28.0. The Labute approximate surface area is 350 Å². The van der Waals surface area contributed by atoms with Crippen LogP contribution in [0.25, 0.3) is 33.1 Å². The molecule has 0 radical (unpaired) electrons. The maximum atomic E-state index is 7.14. The summed E-state index contributed by atoms with van der Waals surface area (Å²) in [6.07, 6.45) is 4.71. The van der Waals surface area contributed by atoms with E-state index >= 15 is 0 Å². The minimum atomic E-state index is -0.213. The molecule has 0 saturated carbocycles. The molecule has 0 atom stereocenters. The van der Waals surface area contributed by atoms with Crippen molar-refractivity contribution in [2.24, 2.45) is 0 Å². The van der Waals surface area contributed by atoms with Gasteiger partial charge in [0.1, 0.15) is 11.2 Å². The van der Waals surface area contributed by atoms with Gasteiger partial charge in [-0.05, 0) is 134 Å². The number of fused-ring (bicyclic) bond motifs is 12. The van der Waals surface area contributed by atoms with Gasteiger partial charge in [-0.3, -0.25) is 0 Å². The fraction of sp³-hybridized carbons (Fsp3) is 0.345. The summed E-state index contributed by atoms with van der Waals surface area (Å²) in [5, 5.41) is 2.37. The molecule has 12 rings (SSSR count). The monoisotopic (exact) mass is 770 g/mol. The number of benzene rings is 6. The number of nitrogens with zero attached hydrogens (tertiary/aromatic N) is 2. The van der Waals surface area contributed by atoms with Gasteiger partial charge in [-0.2, -0.15) is 0 Å². The molecule has 3 nitrogen and oxygen atoms in total. The Kier molecular flexibility index (Phi) is 6.73. The topological polar surface area (TPSA) is 19.6 Å². The Morgan fingerprint density at radius 2 is 1.10 bits per heavy atom. The molecule has 7 aromatic rings. The molecule has 0 unspecified atom stereocenters. The van der Waals surface area contributed by atoms with Gasteiger partial charge in [-0.25, -0.2) is 0 Å². The molecule has 0 fully saturated rings. The van der Waals surface area contributed by atoms with Crippen molar-refractivity contribution in [3.63, 3.8) is 0 Å². The molecule has 3 aliphatic heterocycles. The van der Waals surface area contributed by atoms with E-state index in [2.05, 4.69) is 182 Å². The maximum Gasteiger partial charge on any atom is 0.333 e. The maximum absolute atomic E-state index is 7.14. The van der Waals surface area contributed by atoms with Crippen molar-refractivity contribution in [2.45, 2.75) is 122 Å². The fourth-order valence-corrected chi connectivity index (χ4v) is 12.4. The first kappa shape index (κ1) is 35.7. The molecule has 0 bridgehead atoms. The molecule has 1 aromatic heterocycles. The van der Waals surface area contributed by atoms with Gasteiger partial charge in [0.25, 0.3) is 0 Å². The van der Waals surface area contributed by atoms with Crippen molar-refractivity contribution in [3.8, 4) is 11.1 Å². The summed E-state index contributed by atoms with van der Waals surface area (Å²) in [7, 11) is 0. The van der Waals surface area contributed by atoms with Crippen molar-refractivity contribution in [3.05, 3.63) is 137 Å². The Balaban J connectivity index is 1.28. The lowest BCUT2D eigenvalue weighted by molar-refractivity contribution is 0.331. The third-order valence-corrected chi connectivity index (χ3v) is 16.1. The van der Waals surface area contributed by atoms with Crippen LogP contribution in [0.2, 0.25) is 0 Å². The average molecular weight is 771 g/mol. The Morgan fingerprint density at radius 3 is 1.78 bits per heavy atom. The molecule has 6 aromatic carbocycles. The van der Waals surface area contributed by atoms with E-state index in [4.69, 9.17) is 4.42 Å². The number of hydrogen-bond acceptors (Lipinski definition) is 3. The first-order valence-corrected chi connectivity index (χ1v) is 22.1. The highest BCUT2D eigenvalue weighted by atomic mass is 16.3. The van der Waals surface area contributed by atoms with Gasteiger partial charge in [0, 0.05) is 50.1 Å². The molecule has 59 heavy (non-hydrogen) atoms. The van der Waals surface area contributed by atoms with Gasteiger partial charge in [0.2, 0.25) is 0 Å². The zero-order valence-electron chi connectivity index (χ0n) is 36.5. The highest BCUT2D eigenvalue weighted by Crippen LogP contribution is 2.60. The van der Waals surface area contributed by atoms with Crippen LogP contribution in [0, 0.1) is 0 Å². The van der Waals surface area contributed by atoms with E-state index in [1.165, 1.54) is 114 Å².